The summed E-state index contributed by atoms with van der Waals surface area (Å²) in [6, 6.07) is 2.84. The van der Waals surface area contributed by atoms with Crippen LogP contribution in [-0.4, -0.2) is 27.6 Å². The number of nitro groups is 1. The van der Waals surface area contributed by atoms with Gasteiger partial charge < -0.3 is 20.0 Å². The van der Waals surface area contributed by atoms with Gasteiger partial charge in [-0.15, -0.1) is 0 Å². The Labute approximate surface area is 84.5 Å². The van der Waals surface area contributed by atoms with Crippen molar-refractivity contribution in [3.63, 3.8) is 0 Å². The fourth-order valence-electron chi connectivity index (χ4n) is 0.880. The minimum atomic E-state index is -1.03. The van der Waals surface area contributed by atoms with Crippen LogP contribution in [0, 0.1) is 10.1 Å². The second-order valence-corrected chi connectivity index (χ2v) is 2.57. The summed E-state index contributed by atoms with van der Waals surface area (Å²) in [5.41, 5.74) is 0. The van der Waals surface area contributed by atoms with Crippen LogP contribution >= 0.6 is 0 Å². The van der Waals surface area contributed by atoms with Gasteiger partial charge in [0.2, 0.25) is 5.75 Å². The van der Waals surface area contributed by atoms with Crippen LogP contribution in [-0.2, 0) is 4.79 Å². The lowest BCUT2D eigenvalue weighted by molar-refractivity contribution is -0.390. The maximum atomic E-state index is 10.5. The van der Waals surface area contributed by atoms with Crippen LogP contribution in [0.1, 0.15) is 6.42 Å². The molecule has 0 atom stereocenters. The topological polar surface area (TPSA) is 103 Å². The summed E-state index contributed by atoms with van der Waals surface area (Å²) in [6.07, 6.45) is 1.05. The average molecular weight is 212 g/mol. The van der Waals surface area contributed by atoms with E-state index in [0.29, 0.717) is 0 Å². The molecule has 7 nitrogen and oxygen atoms in total. The van der Waals surface area contributed by atoms with Gasteiger partial charge in [0.1, 0.15) is 6.20 Å². The van der Waals surface area contributed by atoms with Crippen LogP contribution in [0.25, 0.3) is 0 Å². The molecule has 0 bridgehead atoms. The predicted octanol–water partition coefficient (Wildman–Crippen LogP) is 0.843. The molecular formula is C8H8N2O5. The summed E-state index contributed by atoms with van der Waals surface area (Å²) < 4.78 is 4.92. The zero-order valence-electron chi connectivity index (χ0n) is 7.62. The van der Waals surface area contributed by atoms with Gasteiger partial charge in [-0.25, -0.2) is 0 Å². The largest absolute Gasteiger partial charge is 0.485 e. The minimum absolute atomic E-state index is 0.0243. The van der Waals surface area contributed by atoms with Gasteiger partial charge >= 0.3 is 11.8 Å². The first kappa shape index (κ1) is 10.9. The Morgan fingerprint density at radius 3 is 3.00 bits per heavy atom. The number of ether oxygens (including phenoxy) is 1. The number of carboxylic acid groups (broad SMARTS) is 1. The Kier molecular flexibility index (Phi) is 3.55. The molecule has 1 rings (SSSR count). The van der Waals surface area contributed by atoms with Crippen LogP contribution in [0.5, 0.6) is 5.75 Å². The molecule has 1 heterocycles. The number of hydrogen-bond acceptors (Lipinski definition) is 5. The number of aliphatic carboxylic acids is 1. The summed E-state index contributed by atoms with van der Waals surface area (Å²) >= 11 is 0. The molecule has 0 aliphatic heterocycles. The van der Waals surface area contributed by atoms with Crippen molar-refractivity contribution < 1.29 is 19.6 Å². The molecule has 0 spiro atoms. The van der Waals surface area contributed by atoms with Gasteiger partial charge in [-0.2, -0.15) is 0 Å². The molecule has 0 saturated carbocycles. The van der Waals surface area contributed by atoms with Crippen molar-refractivity contribution in [3.8, 4) is 5.75 Å². The van der Waals surface area contributed by atoms with Crippen LogP contribution in [0.4, 0.5) is 5.82 Å². The summed E-state index contributed by atoms with van der Waals surface area (Å²) in [5.74, 6) is -1.46. The summed E-state index contributed by atoms with van der Waals surface area (Å²) in [6.45, 7) is -0.123. The van der Waals surface area contributed by atoms with Crippen LogP contribution in [0.15, 0.2) is 18.3 Å². The molecule has 1 aromatic heterocycles. The van der Waals surface area contributed by atoms with Crippen molar-refractivity contribution in [3.05, 3.63) is 28.4 Å². The smallest absolute Gasteiger partial charge is 0.406 e. The molecule has 0 saturated heterocycles. The third-order valence-electron chi connectivity index (χ3n) is 1.50. The van der Waals surface area contributed by atoms with Gasteiger partial charge in [0.05, 0.1) is 13.0 Å². The second kappa shape index (κ2) is 4.89. The van der Waals surface area contributed by atoms with E-state index in [1.165, 1.54) is 18.3 Å². The first-order chi connectivity index (χ1) is 7.11. The molecule has 0 unspecified atom stereocenters. The van der Waals surface area contributed by atoms with Gasteiger partial charge in [0.15, 0.2) is 0 Å². The molecule has 0 aliphatic rings. The molecule has 7 heteroatoms. The van der Waals surface area contributed by atoms with E-state index in [9.17, 15) is 14.9 Å². The Hall–Kier alpha value is -2.18. The highest BCUT2D eigenvalue weighted by Gasteiger charge is 2.15. The lowest BCUT2D eigenvalue weighted by Gasteiger charge is -2.03. The molecule has 0 amide bonds. The van der Waals surface area contributed by atoms with Crippen molar-refractivity contribution >= 4 is 11.8 Å². The zero-order chi connectivity index (χ0) is 11.3. The molecule has 0 aliphatic carbocycles. The molecule has 1 aromatic rings. The highest BCUT2D eigenvalue weighted by Crippen LogP contribution is 2.22. The van der Waals surface area contributed by atoms with E-state index in [0.717, 1.165) is 0 Å². The lowest BCUT2D eigenvalue weighted by Crippen LogP contribution is -2.06. The van der Waals surface area contributed by atoms with E-state index in [-0.39, 0.29) is 18.8 Å². The van der Waals surface area contributed by atoms with Crippen molar-refractivity contribution in [1.82, 2.24) is 4.98 Å². The van der Waals surface area contributed by atoms with Gasteiger partial charge in [-0.3, -0.25) is 4.79 Å². The van der Waals surface area contributed by atoms with Crippen molar-refractivity contribution in [2.45, 2.75) is 6.42 Å². The summed E-state index contributed by atoms with van der Waals surface area (Å²) in [5, 5.41) is 18.8. The number of hydrogen-bond donors (Lipinski definition) is 1. The van der Waals surface area contributed by atoms with Crippen molar-refractivity contribution in [2.24, 2.45) is 0 Å². The van der Waals surface area contributed by atoms with E-state index >= 15 is 0 Å². The standard InChI is InChI=1S/C8H8N2O5/c11-7(12)3-5-15-6-2-1-4-9-8(6)10(13)14/h1-2,4H,3,5H2,(H,11,12). The quantitative estimate of drug-likeness (QED) is 0.573. The first-order valence-electron chi connectivity index (χ1n) is 4.05. The van der Waals surface area contributed by atoms with E-state index in [4.69, 9.17) is 9.84 Å². The highest BCUT2D eigenvalue weighted by atomic mass is 16.6. The predicted molar refractivity (Wildman–Crippen MR) is 48.6 cm³/mol. The van der Waals surface area contributed by atoms with Gasteiger partial charge in [-0.05, 0) is 22.0 Å². The number of carboxylic acids is 1. The van der Waals surface area contributed by atoms with Gasteiger partial charge in [-0.1, -0.05) is 0 Å². The third kappa shape index (κ3) is 3.22. The fourth-order valence-corrected chi connectivity index (χ4v) is 0.880. The molecule has 80 valence electrons. The van der Waals surface area contributed by atoms with Crippen LogP contribution < -0.4 is 4.74 Å². The lowest BCUT2D eigenvalue weighted by atomic mass is 10.4. The molecule has 15 heavy (non-hydrogen) atoms. The molecule has 0 aromatic carbocycles. The first-order valence-corrected chi connectivity index (χ1v) is 4.05. The zero-order valence-corrected chi connectivity index (χ0v) is 7.62. The monoisotopic (exact) mass is 212 g/mol. The molecule has 1 N–H and O–H groups in total. The number of rotatable bonds is 5. The molecule has 0 fully saturated rings. The van der Waals surface area contributed by atoms with E-state index in [2.05, 4.69) is 4.98 Å². The van der Waals surface area contributed by atoms with E-state index in [1.807, 2.05) is 0 Å². The van der Waals surface area contributed by atoms with Crippen LogP contribution in [0.2, 0.25) is 0 Å². The minimum Gasteiger partial charge on any atom is -0.485 e. The number of carbonyl (C=O) groups is 1. The van der Waals surface area contributed by atoms with Gasteiger partial charge in [0, 0.05) is 0 Å². The number of pyridine rings is 1. The fraction of sp³-hybridized carbons (Fsp3) is 0.250. The Balaban J connectivity index is 2.67. The molecular weight excluding hydrogens is 204 g/mol. The third-order valence-corrected chi connectivity index (χ3v) is 1.50. The second-order valence-electron chi connectivity index (χ2n) is 2.57. The maximum absolute atomic E-state index is 10.5. The highest BCUT2D eigenvalue weighted by molar-refractivity contribution is 5.66. The number of aromatic nitrogens is 1. The van der Waals surface area contributed by atoms with Gasteiger partial charge in [0.25, 0.3) is 0 Å². The van der Waals surface area contributed by atoms with E-state index in [1.54, 1.807) is 0 Å². The average Bonchev–Trinajstić information content (AvgIpc) is 2.17. The van der Waals surface area contributed by atoms with Crippen molar-refractivity contribution in [1.29, 1.82) is 0 Å². The normalized spacial score (nSPS) is 9.60. The Morgan fingerprint density at radius 1 is 1.67 bits per heavy atom. The summed E-state index contributed by atoms with van der Waals surface area (Å²) in [4.78, 5) is 23.5. The Bertz CT molecular complexity index is 379. The van der Waals surface area contributed by atoms with E-state index < -0.39 is 16.7 Å². The summed E-state index contributed by atoms with van der Waals surface area (Å²) in [7, 11) is 0. The van der Waals surface area contributed by atoms with Crippen molar-refractivity contribution in [2.75, 3.05) is 6.61 Å². The Morgan fingerprint density at radius 2 is 2.40 bits per heavy atom. The number of nitrogens with zero attached hydrogens (tertiary/aromatic N) is 2. The SMILES string of the molecule is O=C(O)CCOc1cccnc1[N+](=O)[O-]. The molecule has 0 radical (unpaired) electrons. The maximum Gasteiger partial charge on any atom is 0.406 e. The van der Waals surface area contributed by atoms with Crippen LogP contribution in [0.3, 0.4) is 0 Å².